The SMILES string of the molecule is Cl.O=C(CC1CCCN1)NC(c1cccs1)c1cccs1. The summed E-state index contributed by atoms with van der Waals surface area (Å²) in [5, 5.41) is 10.7. The lowest BCUT2D eigenvalue weighted by atomic mass is 10.1. The van der Waals surface area contributed by atoms with E-state index in [2.05, 4.69) is 33.5 Å². The van der Waals surface area contributed by atoms with Gasteiger partial charge in [-0.1, -0.05) is 12.1 Å². The molecule has 1 amide bonds. The van der Waals surface area contributed by atoms with Crippen molar-refractivity contribution in [1.82, 2.24) is 10.6 Å². The van der Waals surface area contributed by atoms with E-state index in [1.165, 1.54) is 16.2 Å². The van der Waals surface area contributed by atoms with Crippen molar-refractivity contribution in [1.29, 1.82) is 0 Å². The molecule has 2 N–H and O–H groups in total. The van der Waals surface area contributed by atoms with E-state index in [1.807, 2.05) is 12.1 Å². The first-order chi connectivity index (χ1) is 9.83. The number of carbonyl (C=O) groups is 1. The van der Waals surface area contributed by atoms with Gasteiger partial charge < -0.3 is 10.6 Å². The summed E-state index contributed by atoms with van der Waals surface area (Å²) in [4.78, 5) is 14.6. The Labute approximate surface area is 139 Å². The van der Waals surface area contributed by atoms with Crippen LogP contribution in [0.2, 0.25) is 0 Å². The number of halogens is 1. The second-order valence-electron chi connectivity index (χ2n) is 5.03. The average Bonchev–Trinajstić information content (AvgIpc) is 3.18. The molecule has 1 atom stereocenters. The van der Waals surface area contributed by atoms with E-state index < -0.39 is 0 Å². The second-order valence-corrected chi connectivity index (χ2v) is 6.99. The summed E-state index contributed by atoms with van der Waals surface area (Å²) in [5.41, 5.74) is 0. The molecule has 1 aliphatic rings. The minimum atomic E-state index is 0. The molecule has 3 heterocycles. The number of rotatable bonds is 5. The molecule has 0 saturated carbocycles. The number of thiophene rings is 2. The quantitative estimate of drug-likeness (QED) is 0.872. The summed E-state index contributed by atoms with van der Waals surface area (Å²) in [6.45, 7) is 1.04. The Balaban J connectivity index is 0.00000161. The Hall–Kier alpha value is -0.880. The lowest BCUT2D eigenvalue weighted by Crippen LogP contribution is -2.34. The molecule has 1 saturated heterocycles. The van der Waals surface area contributed by atoms with Crippen molar-refractivity contribution in [2.45, 2.75) is 31.3 Å². The van der Waals surface area contributed by atoms with Crippen LogP contribution in [-0.4, -0.2) is 18.5 Å². The van der Waals surface area contributed by atoms with E-state index in [1.54, 1.807) is 22.7 Å². The van der Waals surface area contributed by atoms with Gasteiger partial charge in [-0.2, -0.15) is 0 Å². The number of hydrogen-bond donors (Lipinski definition) is 2. The fraction of sp³-hybridized carbons (Fsp3) is 0.400. The van der Waals surface area contributed by atoms with Gasteiger partial charge >= 0.3 is 0 Å². The molecule has 0 radical (unpaired) electrons. The second kappa shape index (κ2) is 7.94. The average molecular weight is 343 g/mol. The third-order valence-electron chi connectivity index (χ3n) is 3.55. The van der Waals surface area contributed by atoms with Crippen LogP contribution in [0.3, 0.4) is 0 Å². The van der Waals surface area contributed by atoms with Crippen molar-refractivity contribution in [3.05, 3.63) is 44.8 Å². The zero-order chi connectivity index (χ0) is 13.8. The molecule has 0 aliphatic carbocycles. The van der Waals surface area contributed by atoms with Gasteiger partial charge in [0.25, 0.3) is 0 Å². The fourth-order valence-corrected chi connectivity index (χ4v) is 4.23. The molecule has 6 heteroatoms. The predicted molar refractivity (Wildman–Crippen MR) is 91.5 cm³/mol. The molecule has 1 fully saturated rings. The van der Waals surface area contributed by atoms with Crippen LogP contribution in [0.4, 0.5) is 0 Å². The molecule has 21 heavy (non-hydrogen) atoms. The third kappa shape index (κ3) is 4.30. The molecule has 0 aromatic carbocycles. The van der Waals surface area contributed by atoms with E-state index >= 15 is 0 Å². The number of nitrogens with one attached hydrogen (secondary N) is 2. The van der Waals surface area contributed by atoms with Gasteiger partial charge in [0.15, 0.2) is 0 Å². The monoisotopic (exact) mass is 342 g/mol. The van der Waals surface area contributed by atoms with E-state index in [0.717, 1.165) is 13.0 Å². The van der Waals surface area contributed by atoms with Gasteiger partial charge in [0.1, 0.15) is 0 Å². The molecule has 3 rings (SSSR count). The van der Waals surface area contributed by atoms with Crippen molar-refractivity contribution < 1.29 is 4.79 Å². The maximum absolute atomic E-state index is 12.3. The van der Waals surface area contributed by atoms with E-state index in [0.29, 0.717) is 12.5 Å². The van der Waals surface area contributed by atoms with Gasteiger partial charge in [-0.25, -0.2) is 0 Å². The van der Waals surface area contributed by atoms with E-state index in [4.69, 9.17) is 0 Å². The standard InChI is InChI=1S/C15H18N2OS2.ClH/c18-14(10-11-4-1-7-16-11)17-15(12-5-2-8-19-12)13-6-3-9-20-13;/h2-3,5-6,8-9,11,15-16H,1,4,7,10H2,(H,17,18);1H. The van der Waals surface area contributed by atoms with Crippen LogP contribution in [0.15, 0.2) is 35.0 Å². The Morgan fingerprint density at radius 1 is 1.29 bits per heavy atom. The summed E-state index contributed by atoms with van der Waals surface area (Å²) in [6.07, 6.45) is 2.86. The summed E-state index contributed by atoms with van der Waals surface area (Å²) < 4.78 is 0. The number of hydrogen-bond acceptors (Lipinski definition) is 4. The molecular formula is C15H19ClN2OS2. The largest absolute Gasteiger partial charge is 0.343 e. The Morgan fingerprint density at radius 2 is 1.95 bits per heavy atom. The highest BCUT2D eigenvalue weighted by Crippen LogP contribution is 2.29. The Bertz CT molecular complexity index is 502. The Morgan fingerprint density at radius 3 is 2.43 bits per heavy atom. The van der Waals surface area contributed by atoms with Crippen molar-refractivity contribution >= 4 is 41.0 Å². The molecule has 114 valence electrons. The molecule has 3 nitrogen and oxygen atoms in total. The van der Waals surface area contributed by atoms with Gasteiger partial charge in [-0.3, -0.25) is 4.79 Å². The van der Waals surface area contributed by atoms with Crippen LogP contribution in [0.5, 0.6) is 0 Å². The van der Waals surface area contributed by atoms with Crippen LogP contribution in [0.1, 0.15) is 35.1 Å². The lowest BCUT2D eigenvalue weighted by molar-refractivity contribution is -0.122. The highest BCUT2D eigenvalue weighted by molar-refractivity contribution is 7.11. The van der Waals surface area contributed by atoms with Crippen molar-refractivity contribution in [2.75, 3.05) is 6.54 Å². The van der Waals surface area contributed by atoms with Crippen LogP contribution in [0.25, 0.3) is 0 Å². The first-order valence-electron chi connectivity index (χ1n) is 6.92. The smallest absolute Gasteiger partial charge is 0.222 e. The molecule has 1 unspecified atom stereocenters. The van der Waals surface area contributed by atoms with E-state index in [-0.39, 0.29) is 24.4 Å². The number of carbonyl (C=O) groups excluding carboxylic acids is 1. The van der Waals surface area contributed by atoms with Gasteiger partial charge in [0.05, 0.1) is 6.04 Å². The summed E-state index contributed by atoms with van der Waals surface area (Å²) in [5.74, 6) is 0.135. The highest BCUT2D eigenvalue weighted by Gasteiger charge is 2.22. The number of amides is 1. The first-order valence-corrected chi connectivity index (χ1v) is 8.68. The van der Waals surface area contributed by atoms with E-state index in [9.17, 15) is 4.79 Å². The van der Waals surface area contributed by atoms with Gasteiger partial charge in [0.2, 0.25) is 5.91 Å². The Kier molecular flexibility index (Phi) is 6.23. The third-order valence-corrected chi connectivity index (χ3v) is 5.43. The molecule has 2 aromatic heterocycles. The van der Waals surface area contributed by atoms with Crippen LogP contribution < -0.4 is 10.6 Å². The topological polar surface area (TPSA) is 41.1 Å². The summed E-state index contributed by atoms with van der Waals surface area (Å²) in [6, 6.07) is 8.59. The van der Waals surface area contributed by atoms with Crippen LogP contribution in [-0.2, 0) is 4.79 Å². The van der Waals surface area contributed by atoms with Gasteiger partial charge in [0, 0.05) is 22.2 Å². The minimum Gasteiger partial charge on any atom is -0.343 e. The maximum Gasteiger partial charge on any atom is 0.222 e. The fourth-order valence-electron chi connectivity index (χ4n) is 2.57. The molecule has 0 bridgehead atoms. The molecule has 1 aliphatic heterocycles. The lowest BCUT2D eigenvalue weighted by Gasteiger charge is -2.18. The zero-order valence-electron chi connectivity index (χ0n) is 11.6. The predicted octanol–water partition coefficient (Wildman–Crippen LogP) is 3.58. The minimum absolute atomic E-state index is 0. The normalized spacial score (nSPS) is 17.7. The van der Waals surface area contributed by atoms with Crippen LogP contribution >= 0.6 is 35.1 Å². The maximum atomic E-state index is 12.3. The summed E-state index contributed by atoms with van der Waals surface area (Å²) >= 11 is 3.38. The zero-order valence-corrected chi connectivity index (χ0v) is 14.0. The van der Waals surface area contributed by atoms with Crippen molar-refractivity contribution in [3.63, 3.8) is 0 Å². The van der Waals surface area contributed by atoms with Crippen LogP contribution in [0, 0.1) is 0 Å². The van der Waals surface area contributed by atoms with Crippen molar-refractivity contribution in [3.8, 4) is 0 Å². The summed E-state index contributed by atoms with van der Waals surface area (Å²) in [7, 11) is 0. The molecular weight excluding hydrogens is 324 g/mol. The molecule has 2 aromatic rings. The highest BCUT2D eigenvalue weighted by atomic mass is 35.5. The van der Waals surface area contributed by atoms with Gasteiger partial charge in [-0.05, 0) is 42.3 Å². The molecule has 0 spiro atoms. The van der Waals surface area contributed by atoms with Gasteiger partial charge in [-0.15, -0.1) is 35.1 Å². The van der Waals surface area contributed by atoms with Crippen molar-refractivity contribution in [2.24, 2.45) is 0 Å². The first kappa shape index (κ1) is 16.5.